The molecule has 0 spiro atoms. The van der Waals surface area contributed by atoms with Crippen molar-refractivity contribution in [1.82, 2.24) is 10.4 Å². The number of halogens is 1. The second kappa shape index (κ2) is 8.96. The maximum atomic E-state index is 12.2. The van der Waals surface area contributed by atoms with Crippen molar-refractivity contribution in [1.29, 1.82) is 0 Å². The fourth-order valence-electron chi connectivity index (χ4n) is 2.46. The van der Waals surface area contributed by atoms with Gasteiger partial charge in [0.25, 0.3) is 5.91 Å². The number of hydrazone groups is 1. The van der Waals surface area contributed by atoms with Crippen molar-refractivity contribution in [3.63, 3.8) is 0 Å². The van der Waals surface area contributed by atoms with E-state index in [2.05, 4.69) is 15.5 Å². The van der Waals surface area contributed by atoms with E-state index in [4.69, 9.17) is 16.3 Å². The average molecular weight is 380 g/mol. The smallest absolute Gasteiger partial charge is 0.277 e. The Bertz CT molecular complexity index is 903. The second-order valence-electron chi connectivity index (χ2n) is 5.80. The summed E-state index contributed by atoms with van der Waals surface area (Å²) in [6.45, 7) is 1.72. The highest BCUT2D eigenvalue weighted by Crippen LogP contribution is 2.21. The molecule has 0 aliphatic carbocycles. The molecular weight excluding hydrogens is 362 g/mol. The molecule has 0 saturated carbocycles. The molecule has 5 nitrogen and oxygen atoms in total. The van der Waals surface area contributed by atoms with Crippen LogP contribution in [-0.2, 0) is 4.79 Å². The molecule has 27 heavy (non-hydrogen) atoms. The van der Waals surface area contributed by atoms with Crippen LogP contribution in [0.4, 0.5) is 0 Å². The fourth-order valence-corrected chi connectivity index (χ4v) is 2.69. The number of nitrogens with zero attached hydrogens (tertiary/aromatic N) is 2. The summed E-state index contributed by atoms with van der Waals surface area (Å²) in [7, 11) is 0. The van der Waals surface area contributed by atoms with E-state index >= 15 is 0 Å². The van der Waals surface area contributed by atoms with Gasteiger partial charge in [-0.2, -0.15) is 5.10 Å². The lowest BCUT2D eigenvalue weighted by Gasteiger charge is -2.10. The highest BCUT2D eigenvalue weighted by atomic mass is 35.5. The molecule has 1 heterocycles. The van der Waals surface area contributed by atoms with Gasteiger partial charge >= 0.3 is 0 Å². The van der Waals surface area contributed by atoms with Gasteiger partial charge < -0.3 is 4.74 Å². The summed E-state index contributed by atoms with van der Waals surface area (Å²) in [5.74, 6) is 0.246. The van der Waals surface area contributed by atoms with Crippen LogP contribution in [0.1, 0.15) is 16.7 Å². The van der Waals surface area contributed by atoms with Crippen molar-refractivity contribution >= 4 is 23.2 Å². The first-order chi connectivity index (χ1) is 13.1. The number of ether oxygens (including phenoxy) is 1. The van der Waals surface area contributed by atoms with Gasteiger partial charge in [0.15, 0.2) is 6.61 Å². The van der Waals surface area contributed by atoms with Gasteiger partial charge in [0.05, 0.1) is 5.71 Å². The molecule has 3 rings (SSSR count). The Morgan fingerprint density at radius 3 is 2.59 bits per heavy atom. The largest absolute Gasteiger partial charge is 0.483 e. The Kier molecular flexibility index (Phi) is 6.18. The zero-order valence-corrected chi connectivity index (χ0v) is 15.5. The molecule has 2 aromatic carbocycles. The first-order valence-electron chi connectivity index (χ1n) is 8.35. The summed E-state index contributed by atoms with van der Waals surface area (Å²) in [6.07, 6.45) is 3.39. The van der Waals surface area contributed by atoms with Gasteiger partial charge in [-0.3, -0.25) is 9.78 Å². The minimum Gasteiger partial charge on any atom is -0.483 e. The number of carbonyl (C=O) groups is 1. The van der Waals surface area contributed by atoms with Crippen LogP contribution in [0.5, 0.6) is 5.75 Å². The van der Waals surface area contributed by atoms with Gasteiger partial charge in [0.1, 0.15) is 5.75 Å². The van der Waals surface area contributed by atoms with Crippen LogP contribution in [0, 0.1) is 6.92 Å². The SMILES string of the molecule is Cc1cc(Cl)ccc1OCC(=O)NN=C(c1ccccc1)c1cccnc1. The number of aryl methyl sites for hydroxylation is 1. The third-order valence-electron chi connectivity index (χ3n) is 3.77. The number of pyridine rings is 1. The summed E-state index contributed by atoms with van der Waals surface area (Å²) < 4.78 is 5.54. The van der Waals surface area contributed by atoms with Gasteiger partial charge in [0.2, 0.25) is 0 Å². The molecule has 0 atom stereocenters. The summed E-state index contributed by atoms with van der Waals surface area (Å²) in [5, 5.41) is 4.91. The van der Waals surface area contributed by atoms with Gasteiger partial charge in [-0.05, 0) is 42.8 Å². The predicted molar refractivity (Wildman–Crippen MR) is 106 cm³/mol. The average Bonchev–Trinajstić information content (AvgIpc) is 2.69. The molecular formula is C21H18ClN3O2. The van der Waals surface area contributed by atoms with Crippen molar-refractivity contribution in [2.75, 3.05) is 6.61 Å². The van der Waals surface area contributed by atoms with Gasteiger partial charge in [0, 0.05) is 28.5 Å². The molecule has 3 aromatic rings. The third-order valence-corrected chi connectivity index (χ3v) is 4.01. The number of hydrogen-bond donors (Lipinski definition) is 1. The molecule has 0 unspecified atom stereocenters. The number of carbonyl (C=O) groups excluding carboxylic acids is 1. The van der Waals surface area contributed by atoms with E-state index in [1.54, 1.807) is 30.6 Å². The molecule has 0 saturated heterocycles. The summed E-state index contributed by atoms with van der Waals surface area (Å²) in [4.78, 5) is 16.3. The van der Waals surface area contributed by atoms with E-state index in [0.717, 1.165) is 16.7 Å². The Morgan fingerprint density at radius 2 is 1.89 bits per heavy atom. The standard InChI is InChI=1S/C21H18ClN3O2/c1-15-12-18(22)9-10-19(15)27-14-20(26)24-25-21(16-6-3-2-4-7-16)17-8-5-11-23-13-17/h2-13H,14H2,1H3,(H,24,26). The molecule has 1 aromatic heterocycles. The lowest BCUT2D eigenvalue weighted by atomic mass is 10.0. The van der Waals surface area contributed by atoms with E-state index in [-0.39, 0.29) is 12.5 Å². The van der Waals surface area contributed by atoms with Crippen LogP contribution in [0.15, 0.2) is 78.2 Å². The minimum absolute atomic E-state index is 0.152. The molecule has 0 aliphatic rings. The van der Waals surface area contributed by atoms with Crippen molar-refractivity contribution in [3.8, 4) is 5.75 Å². The van der Waals surface area contributed by atoms with Crippen molar-refractivity contribution in [2.24, 2.45) is 5.10 Å². The summed E-state index contributed by atoms with van der Waals surface area (Å²) >= 11 is 5.92. The van der Waals surface area contributed by atoms with E-state index in [1.165, 1.54) is 0 Å². The Hall–Kier alpha value is -3.18. The molecule has 6 heteroatoms. The van der Waals surface area contributed by atoms with Crippen LogP contribution in [0.25, 0.3) is 0 Å². The predicted octanol–water partition coefficient (Wildman–Crippen LogP) is 3.99. The number of amides is 1. The lowest BCUT2D eigenvalue weighted by molar-refractivity contribution is -0.123. The molecule has 0 aliphatic heterocycles. The maximum Gasteiger partial charge on any atom is 0.277 e. The number of aromatic nitrogens is 1. The zero-order chi connectivity index (χ0) is 19.1. The first kappa shape index (κ1) is 18.6. The van der Waals surface area contributed by atoms with Crippen LogP contribution in [0.2, 0.25) is 5.02 Å². The van der Waals surface area contributed by atoms with Crippen LogP contribution in [-0.4, -0.2) is 23.2 Å². The molecule has 0 fully saturated rings. The van der Waals surface area contributed by atoms with E-state index < -0.39 is 0 Å². The molecule has 1 N–H and O–H groups in total. The van der Waals surface area contributed by atoms with E-state index in [9.17, 15) is 4.79 Å². The summed E-state index contributed by atoms with van der Waals surface area (Å²) in [6, 6.07) is 18.5. The molecule has 1 amide bonds. The lowest BCUT2D eigenvalue weighted by Crippen LogP contribution is -2.26. The van der Waals surface area contributed by atoms with Crippen LogP contribution < -0.4 is 10.2 Å². The molecule has 136 valence electrons. The number of nitrogens with one attached hydrogen (secondary N) is 1. The normalized spacial score (nSPS) is 11.1. The molecule has 0 radical (unpaired) electrons. The third kappa shape index (κ3) is 5.15. The van der Waals surface area contributed by atoms with Gasteiger partial charge in [-0.1, -0.05) is 41.9 Å². The van der Waals surface area contributed by atoms with Crippen molar-refractivity contribution < 1.29 is 9.53 Å². The monoisotopic (exact) mass is 379 g/mol. The second-order valence-corrected chi connectivity index (χ2v) is 6.24. The highest BCUT2D eigenvalue weighted by Gasteiger charge is 2.09. The number of benzene rings is 2. The molecule has 0 bridgehead atoms. The quantitative estimate of drug-likeness (QED) is 0.520. The van der Waals surface area contributed by atoms with Gasteiger partial charge in [-0.15, -0.1) is 0 Å². The van der Waals surface area contributed by atoms with Crippen molar-refractivity contribution in [3.05, 3.63) is 94.8 Å². The minimum atomic E-state index is -0.360. The van der Waals surface area contributed by atoms with Crippen LogP contribution >= 0.6 is 11.6 Å². The zero-order valence-electron chi connectivity index (χ0n) is 14.7. The topological polar surface area (TPSA) is 63.6 Å². The van der Waals surface area contributed by atoms with Gasteiger partial charge in [-0.25, -0.2) is 5.43 Å². The summed E-state index contributed by atoms with van der Waals surface area (Å²) in [5.41, 5.74) is 5.72. The first-order valence-corrected chi connectivity index (χ1v) is 8.72. The van der Waals surface area contributed by atoms with Crippen molar-refractivity contribution in [2.45, 2.75) is 6.92 Å². The fraction of sp³-hybridized carbons (Fsp3) is 0.0952. The highest BCUT2D eigenvalue weighted by molar-refractivity contribution is 6.30. The van der Waals surface area contributed by atoms with E-state index in [1.807, 2.05) is 49.4 Å². The maximum absolute atomic E-state index is 12.2. The van der Waals surface area contributed by atoms with Crippen LogP contribution in [0.3, 0.4) is 0 Å². The number of rotatable bonds is 6. The number of hydrogen-bond acceptors (Lipinski definition) is 4. The Morgan fingerprint density at radius 1 is 1.11 bits per heavy atom. The van der Waals surface area contributed by atoms with E-state index in [0.29, 0.717) is 16.5 Å². The Balaban J connectivity index is 1.71. The Labute approximate surface area is 162 Å².